The fraction of sp³-hybridized carbons (Fsp3) is 0.294. The smallest absolute Gasteiger partial charge is 0.353 e. The molecule has 2 aromatic rings. The zero-order chi connectivity index (χ0) is 17.0. The molecule has 1 aromatic carbocycles. The van der Waals surface area contributed by atoms with Crippen LogP contribution in [0.3, 0.4) is 0 Å². The van der Waals surface area contributed by atoms with Gasteiger partial charge in [-0.25, -0.2) is 0 Å². The van der Waals surface area contributed by atoms with E-state index in [4.69, 9.17) is 0 Å². The average molecular weight is 334 g/mol. The number of piperazine rings is 1. The van der Waals surface area contributed by atoms with Crippen molar-refractivity contribution in [2.75, 3.05) is 31.1 Å². The van der Waals surface area contributed by atoms with Crippen LogP contribution in [0.1, 0.15) is 16.8 Å². The molecule has 3 rings (SSSR count). The van der Waals surface area contributed by atoms with Gasteiger partial charge in [-0.15, -0.1) is 10.2 Å². The third kappa shape index (κ3) is 3.91. The maximum Gasteiger partial charge on any atom is 0.435 e. The summed E-state index contributed by atoms with van der Waals surface area (Å²) in [6, 6.07) is 10.6. The Hall–Kier alpha value is -2.41. The van der Waals surface area contributed by atoms with E-state index in [1.807, 2.05) is 35.2 Å². The first-order valence-electron chi connectivity index (χ1n) is 7.68. The molecule has 0 aliphatic carbocycles. The molecule has 0 unspecified atom stereocenters. The lowest BCUT2D eigenvalue weighted by Gasteiger charge is -2.28. The first kappa shape index (κ1) is 16.4. The maximum absolute atomic E-state index is 13.2. The van der Waals surface area contributed by atoms with Gasteiger partial charge < -0.3 is 10.2 Å². The number of hydrogen-bond acceptors (Lipinski definition) is 4. The Morgan fingerprint density at radius 2 is 1.71 bits per heavy atom. The molecule has 1 N–H and O–H groups in total. The van der Waals surface area contributed by atoms with E-state index in [2.05, 4.69) is 15.5 Å². The van der Waals surface area contributed by atoms with Crippen molar-refractivity contribution in [2.24, 2.45) is 0 Å². The lowest BCUT2D eigenvalue weighted by molar-refractivity contribution is -0.141. The molecule has 2 heterocycles. The van der Waals surface area contributed by atoms with E-state index in [1.54, 1.807) is 6.08 Å². The summed E-state index contributed by atoms with van der Waals surface area (Å²) in [5, 5.41) is 10.4. The Kier molecular flexibility index (Phi) is 4.80. The van der Waals surface area contributed by atoms with Gasteiger partial charge in [-0.1, -0.05) is 42.5 Å². The second kappa shape index (κ2) is 7.00. The van der Waals surface area contributed by atoms with Crippen molar-refractivity contribution in [3.63, 3.8) is 0 Å². The molecular weight excluding hydrogens is 317 g/mol. The second-order valence-electron chi connectivity index (χ2n) is 5.49. The Labute approximate surface area is 138 Å². The number of benzene rings is 1. The fourth-order valence-corrected chi connectivity index (χ4v) is 2.54. The number of nitrogens with zero attached hydrogens (tertiary/aromatic N) is 3. The van der Waals surface area contributed by atoms with Crippen LogP contribution < -0.4 is 10.2 Å². The van der Waals surface area contributed by atoms with E-state index in [-0.39, 0.29) is 5.56 Å². The summed E-state index contributed by atoms with van der Waals surface area (Å²) in [6.07, 6.45) is -1.45. The highest BCUT2D eigenvalue weighted by atomic mass is 19.4. The summed E-state index contributed by atoms with van der Waals surface area (Å²) >= 11 is 0. The third-order valence-corrected chi connectivity index (χ3v) is 3.77. The molecule has 4 nitrogen and oxygen atoms in total. The maximum atomic E-state index is 13.2. The van der Waals surface area contributed by atoms with Crippen molar-refractivity contribution in [2.45, 2.75) is 6.18 Å². The first-order chi connectivity index (χ1) is 11.5. The molecule has 24 heavy (non-hydrogen) atoms. The van der Waals surface area contributed by atoms with Crippen molar-refractivity contribution in [1.82, 2.24) is 15.5 Å². The molecule has 1 aliphatic rings. The number of alkyl halides is 3. The molecule has 1 aliphatic heterocycles. The van der Waals surface area contributed by atoms with Gasteiger partial charge in [-0.3, -0.25) is 0 Å². The SMILES string of the molecule is FC(F)(F)c1nnc(N2CCNCC2)cc1C=Cc1ccccc1. The predicted molar refractivity (Wildman–Crippen MR) is 87.5 cm³/mol. The Morgan fingerprint density at radius 3 is 2.38 bits per heavy atom. The van der Waals surface area contributed by atoms with Crippen molar-refractivity contribution >= 4 is 18.0 Å². The van der Waals surface area contributed by atoms with Gasteiger partial charge in [0, 0.05) is 31.7 Å². The Balaban J connectivity index is 1.95. The van der Waals surface area contributed by atoms with Crippen LogP contribution in [0, 0.1) is 0 Å². The lowest BCUT2D eigenvalue weighted by atomic mass is 10.1. The number of anilines is 1. The van der Waals surface area contributed by atoms with Crippen molar-refractivity contribution in [3.8, 4) is 0 Å². The summed E-state index contributed by atoms with van der Waals surface area (Å²) in [5.41, 5.74) is -0.116. The van der Waals surface area contributed by atoms with Crippen LogP contribution in [0.4, 0.5) is 19.0 Å². The van der Waals surface area contributed by atoms with E-state index >= 15 is 0 Å². The molecule has 0 bridgehead atoms. The van der Waals surface area contributed by atoms with Crippen LogP contribution in [0.2, 0.25) is 0 Å². The van der Waals surface area contributed by atoms with Crippen LogP contribution in [0.25, 0.3) is 12.2 Å². The van der Waals surface area contributed by atoms with E-state index in [0.717, 1.165) is 18.7 Å². The monoisotopic (exact) mass is 334 g/mol. The van der Waals surface area contributed by atoms with Gasteiger partial charge in [0.1, 0.15) is 0 Å². The van der Waals surface area contributed by atoms with E-state index in [1.165, 1.54) is 12.1 Å². The van der Waals surface area contributed by atoms with Gasteiger partial charge in [0.05, 0.1) is 0 Å². The number of aromatic nitrogens is 2. The van der Waals surface area contributed by atoms with E-state index in [0.29, 0.717) is 18.9 Å². The molecule has 0 amide bonds. The van der Waals surface area contributed by atoms with Gasteiger partial charge in [0.15, 0.2) is 11.5 Å². The molecule has 1 saturated heterocycles. The highest BCUT2D eigenvalue weighted by Gasteiger charge is 2.36. The normalized spacial score (nSPS) is 15.9. The zero-order valence-corrected chi connectivity index (χ0v) is 12.9. The molecule has 0 atom stereocenters. The minimum absolute atomic E-state index is 0.0230. The van der Waals surface area contributed by atoms with Crippen LogP contribution in [0.15, 0.2) is 36.4 Å². The lowest BCUT2D eigenvalue weighted by Crippen LogP contribution is -2.44. The van der Waals surface area contributed by atoms with Crippen molar-refractivity contribution in [1.29, 1.82) is 0 Å². The average Bonchev–Trinajstić information content (AvgIpc) is 2.60. The minimum atomic E-state index is -4.54. The summed E-state index contributed by atoms with van der Waals surface area (Å²) in [4.78, 5) is 1.93. The molecule has 0 spiro atoms. The Morgan fingerprint density at radius 1 is 1.00 bits per heavy atom. The van der Waals surface area contributed by atoms with Gasteiger partial charge in [-0.2, -0.15) is 13.2 Å². The van der Waals surface area contributed by atoms with Crippen LogP contribution in [0.5, 0.6) is 0 Å². The zero-order valence-electron chi connectivity index (χ0n) is 12.9. The summed E-state index contributed by atoms with van der Waals surface area (Å²) in [6.45, 7) is 2.94. The Bertz CT molecular complexity index is 708. The molecule has 0 radical (unpaired) electrons. The number of nitrogens with one attached hydrogen (secondary N) is 1. The highest BCUT2D eigenvalue weighted by Crippen LogP contribution is 2.32. The highest BCUT2D eigenvalue weighted by molar-refractivity contribution is 5.72. The minimum Gasteiger partial charge on any atom is -0.353 e. The van der Waals surface area contributed by atoms with Crippen LogP contribution in [-0.4, -0.2) is 36.4 Å². The molecule has 126 valence electrons. The van der Waals surface area contributed by atoms with Crippen LogP contribution in [-0.2, 0) is 6.18 Å². The molecule has 1 fully saturated rings. The van der Waals surface area contributed by atoms with E-state index in [9.17, 15) is 13.2 Å². The van der Waals surface area contributed by atoms with Gasteiger partial charge in [0.25, 0.3) is 0 Å². The molecular formula is C17H17F3N4. The second-order valence-corrected chi connectivity index (χ2v) is 5.49. The largest absolute Gasteiger partial charge is 0.435 e. The van der Waals surface area contributed by atoms with Gasteiger partial charge in [0.2, 0.25) is 0 Å². The molecule has 0 saturated carbocycles. The predicted octanol–water partition coefficient (Wildman–Crippen LogP) is 3.08. The fourth-order valence-electron chi connectivity index (χ4n) is 2.54. The molecule has 7 heteroatoms. The first-order valence-corrected chi connectivity index (χ1v) is 7.68. The summed E-state index contributed by atoms with van der Waals surface area (Å²) in [5.74, 6) is 0.470. The van der Waals surface area contributed by atoms with Crippen molar-refractivity contribution in [3.05, 3.63) is 53.2 Å². The number of rotatable bonds is 3. The van der Waals surface area contributed by atoms with E-state index < -0.39 is 11.9 Å². The van der Waals surface area contributed by atoms with Gasteiger partial charge in [-0.05, 0) is 11.6 Å². The number of halogens is 3. The topological polar surface area (TPSA) is 41.1 Å². The quantitative estimate of drug-likeness (QED) is 0.937. The van der Waals surface area contributed by atoms with Gasteiger partial charge >= 0.3 is 6.18 Å². The van der Waals surface area contributed by atoms with Crippen molar-refractivity contribution < 1.29 is 13.2 Å². The summed E-state index contributed by atoms with van der Waals surface area (Å²) in [7, 11) is 0. The number of hydrogen-bond donors (Lipinski definition) is 1. The third-order valence-electron chi connectivity index (χ3n) is 3.77. The standard InChI is InChI=1S/C17H17F3N4/c18-17(19,20)16-14(7-6-13-4-2-1-3-5-13)12-15(22-23-16)24-10-8-21-9-11-24/h1-7,12,21H,8-11H2. The molecule has 1 aromatic heterocycles. The van der Waals surface area contributed by atoms with Crippen LogP contribution >= 0.6 is 0 Å². The summed E-state index contributed by atoms with van der Waals surface area (Å²) < 4.78 is 39.6.